The van der Waals surface area contributed by atoms with Gasteiger partial charge in [0.15, 0.2) is 5.79 Å². The molecule has 29 heavy (non-hydrogen) atoms. The third-order valence-corrected chi connectivity index (χ3v) is 5.25. The lowest BCUT2D eigenvalue weighted by Crippen LogP contribution is -2.59. The summed E-state index contributed by atoms with van der Waals surface area (Å²) in [5.41, 5.74) is 0.584. The van der Waals surface area contributed by atoms with E-state index in [1.165, 1.54) is 18.3 Å². The van der Waals surface area contributed by atoms with E-state index in [0.29, 0.717) is 38.3 Å². The lowest BCUT2D eigenvalue weighted by atomic mass is 10.1. The molecule has 0 saturated carbocycles. The average molecular weight is 403 g/mol. The molecule has 2 aliphatic rings. The van der Waals surface area contributed by atoms with Gasteiger partial charge in [-0.1, -0.05) is 12.1 Å². The van der Waals surface area contributed by atoms with Crippen LogP contribution in [0.2, 0.25) is 0 Å². The second-order valence-corrected chi connectivity index (χ2v) is 7.35. The summed E-state index contributed by atoms with van der Waals surface area (Å²) in [5, 5.41) is 0. The summed E-state index contributed by atoms with van der Waals surface area (Å²) < 4.78 is 40.1. The van der Waals surface area contributed by atoms with Crippen LogP contribution < -0.4 is 0 Å². The predicted molar refractivity (Wildman–Crippen MR) is 101 cm³/mol. The molecule has 6 nitrogen and oxygen atoms in total. The van der Waals surface area contributed by atoms with E-state index in [4.69, 9.17) is 9.47 Å². The van der Waals surface area contributed by atoms with Crippen LogP contribution in [0.3, 0.4) is 0 Å². The fraction of sp³-hybridized carbons (Fsp3) is 0.429. The van der Waals surface area contributed by atoms with Gasteiger partial charge in [-0.25, -0.2) is 8.78 Å². The molecule has 1 atom stereocenters. The molecule has 1 unspecified atom stereocenters. The zero-order valence-electron chi connectivity index (χ0n) is 16.0. The predicted octanol–water partition coefficient (Wildman–Crippen LogP) is 2.45. The van der Waals surface area contributed by atoms with E-state index in [-0.39, 0.29) is 30.4 Å². The third-order valence-electron chi connectivity index (χ3n) is 5.25. The first-order chi connectivity index (χ1) is 14.1. The summed E-state index contributed by atoms with van der Waals surface area (Å²) in [5.74, 6) is -2.30. The minimum atomic E-state index is -1.01. The van der Waals surface area contributed by atoms with Crippen molar-refractivity contribution in [1.29, 1.82) is 0 Å². The summed E-state index contributed by atoms with van der Waals surface area (Å²) in [6, 6.07) is 7.60. The van der Waals surface area contributed by atoms with Gasteiger partial charge in [0.05, 0.1) is 38.1 Å². The fourth-order valence-electron chi connectivity index (χ4n) is 3.84. The molecule has 0 aliphatic carbocycles. The molecular formula is C21H23F2N3O3. The van der Waals surface area contributed by atoms with E-state index in [0.717, 1.165) is 6.42 Å². The Morgan fingerprint density at radius 2 is 1.90 bits per heavy atom. The Balaban J connectivity index is 1.50. The number of amides is 1. The summed E-state index contributed by atoms with van der Waals surface area (Å²) >= 11 is 0. The number of morpholine rings is 1. The van der Waals surface area contributed by atoms with Gasteiger partial charge in [-0.3, -0.25) is 14.7 Å². The molecule has 3 heterocycles. The standard InChI is InChI=1S/C21H23F2N3O3/c22-18-5-2-1-4-17(18)20(27)26-9-11-29-21(15-26)14-25(8-3-10-28-21)13-16-6-7-24-12-19(16)23/h1-2,4-7,12H,3,8-11,13-15H2. The van der Waals surface area contributed by atoms with Crippen molar-refractivity contribution in [3.05, 3.63) is 65.5 Å². The molecule has 2 aromatic rings. The van der Waals surface area contributed by atoms with Crippen molar-refractivity contribution >= 4 is 5.91 Å². The van der Waals surface area contributed by atoms with Gasteiger partial charge in [0.2, 0.25) is 0 Å². The highest BCUT2D eigenvalue weighted by Gasteiger charge is 2.42. The number of carbonyl (C=O) groups excluding carboxylic acids is 1. The second-order valence-electron chi connectivity index (χ2n) is 7.35. The highest BCUT2D eigenvalue weighted by atomic mass is 19.1. The number of pyridine rings is 1. The van der Waals surface area contributed by atoms with Gasteiger partial charge in [0, 0.05) is 31.4 Å². The zero-order chi connectivity index (χ0) is 20.3. The molecule has 154 valence electrons. The maximum atomic E-state index is 14.1. The lowest BCUT2D eigenvalue weighted by molar-refractivity contribution is -0.261. The minimum Gasteiger partial charge on any atom is -0.347 e. The van der Waals surface area contributed by atoms with Crippen molar-refractivity contribution in [2.24, 2.45) is 0 Å². The first-order valence-electron chi connectivity index (χ1n) is 9.69. The van der Waals surface area contributed by atoms with Gasteiger partial charge in [-0.2, -0.15) is 0 Å². The molecule has 2 aliphatic heterocycles. The van der Waals surface area contributed by atoms with Crippen LogP contribution in [0.1, 0.15) is 22.3 Å². The molecule has 8 heteroatoms. The maximum Gasteiger partial charge on any atom is 0.257 e. The van der Waals surface area contributed by atoms with Gasteiger partial charge in [0.1, 0.15) is 11.6 Å². The van der Waals surface area contributed by atoms with Crippen LogP contribution in [0.4, 0.5) is 8.78 Å². The van der Waals surface area contributed by atoms with Crippen molar-refractivity contribution in [3.8, 4) is 0 Å². The molecule has 2 saturated heterocycles. The van der Waals surface area contributed by atoms with Gasteiger partial charge in [0.25, 0.3) is 5.91 Å². The topological polar surface area (TPSA) is 54.9 Å². The number of rotatable bonds is 3. The molecule has 1 amide bonds. The Morgan fingerprint density at radius 1 is 1.07 bits per heavy atom. The zero-order valence-corrected chi connectivity index (χ0v) is 16.0. The largest absolute Gasteiger partial charge is 0.347 e. The molecule has 2 fully saturated rings. The van der Waals surface area contributed by atoms with Crippen LogP contribution in [-0.2, 0) is 16.0 Å². The summed E-state index contributed by atoms with van der Waals surface area (Å²) in [6.45, 7) is 2.80. The molecule has 0 radical (unpaired) electrons. The molecule has 1 spiro atoms. The van der Waals surface area contributed by atoms with Crippen molar-refractivity contribution in [2.75, 3.05) is 39.4 Å². The van der Waals surface area contributed by atoms with E-state index in [9.17, 15) is 13.6 Å². The number of hydrogen-bond donors (Lipinski definition) is 0. The van der Waals surface area contributed by atoms with Gasteiger partial charge in [-0.05, 0) is 24.6 Å². The first-order valence-corrected chi connectivity index (χ1v) is 9.69. The number of carbonyl (C=O) groups is 1. The Labute approximate surface area is 168 Å². The van der Waals surface area contributed by atoms with Gasteiger partial charge in [-0.15, -0.1) is 0 Å². The number of hydrogen-bond acceptors (Lipinski definition) is 5. The van der Waals surface area contributed by atoms with Gasteiger partial charge >= 0.3 is 0 Å². The van der Waals surface area contributed by atoms with Crippen molar-refractivity contribution in [2.45, 2.75) is 18.8 Å². The molecule has 0 bridgehead atoms. The van der Waals surface area contributed by atoms with Crippen LogP contribution >= 0.6 is 0 Å². The second kappa shape index (κ2) is 8.52. The highest BCUT2D eigenvalue weighted by Crippen LogP contribution is 2.27. The Hall–Kier alpha value is -2.42. The van der Waals surface area contributed by atoms with Crippen LogP contribution in [0.5, 0.6) is 0 Å². The third kappa shape index (κ3) is 4.44. The summed E-state index contributed by atoms with van der Waals surface area (Å²) in [6.07, 6.45) is 3.53. The summed E-state index contributed by atoms with van der Waals surface area (Å²) in [4.78, 5) is 20.3. The van der Waals surface area contributed by atoms with Crippen molar-refractivity contribution in [3.63, 3.8) is 0 Å². The van der Waals surface area contributed by atoms with E-state index in [1.807, 2.05) is 0 Å². The smallest absolute Gasteiger partial charge is 0.257 e. The van der Waals surface area contributed by atoms with Crippen LogP contribution in [0, 0.1) is 11.6 Å². The normalized spacial score (nSPS) is 23.2. The Bertz CT molecular complexity index is 882. The molecule has 0 N–H and O–H groups in total. The highest BCUT2D eigenvalue weighted by molar-refractivity contribution is 5.94. The fourth-order valence-corrected chi connectivity index (χ4v) is 3.84. The maximum absolute atomic E-state index is 14.1. The van der Waals surface area contributed by atoms with Crippen LogP contribution in [-0.4, -0.2) is 65.9 Å². The van der Waals surface area contributed by atoms with Crippen molar-refractivity contribution in [1.82, 2.24) is 14.8 Å². The number of nitrogens with zero attached hydrogens (tertiary/aromatic N) is 3. The Morgan fingerprint density at radius 3 is 2.72 bits per heavy atom. The van der Waals surface area contributed by atoms with E-state index >= 15 is 0 Å². The molecule has 4 rings (SSSR count). The van der Waals surface area contributed by atoms with E-state index in [2.05, 4.69) is 9.88 Å². The van der Waals surface area contributed by atoms with Crippen LogP contribution in [0.15, 0.2) is 42.7 Å². The SMILES string of the molecule is O=C(c1ccccc1F)N1CCOC2(CN(Cc3ccncc3F)CCCO2)C1. The molecule has 1 aromatic heterocycles. The monoisotopic (exact) mass is 403 g/mol. The van der Waals surface area contributed by atoms with Gasteiger partial charge < -0.3 is 14.4 Å². The average Bonchev–Trinajstić information content (AvgIpc) is 2.91. The number of benzene rings is 1. The van der Waals surface area contributed by atoms with E-state index in [1.54, 1.807) is 29.3 Å². The van der Waals surface area contributed by atoms with E-state index < -0.39 is 11.6 Å². The lowest BCUT2D eigenvalue weighted by Gasteiger charge is -2.43. The number of aromatic nitrogens is 1. The first kappa shape index (κ1) is 19.9. The molecule has 1 aromatic carbocycles. The molecular weight excluding hydrogens is 380 g/mol. The van der Waals surface area contributed by atoms with Crippen LogP contribution in [0.25, 0.3) is 0 Å². The quantitative estimate of drug-likeness (QED) is 0.788. The van der Waals surface area contributed by atoms with Crippen molar-refractivity contribution < 1.29 is 23.0 Å². The minimum absolute atomic E-state index is 0.0360. The Kier molecular flexibility index (Phi) is 5.84. The number of halogens is 2. The number of ether oxygens (including phenoxy) is 2. The summed E-state index contributed by atoms with van der Waals surface area (Å²) in [7, 11) is 0.